The van der Waals surface area contributed by atoms with E-state index in [2.05, 4.69) is 15.5 Å². The molecule has 1 saturated heterocycles. The lowest BCUT2D eigenvalue weighted by Crippen LogP contribution is -2.47. The number of amides is 2. The van der Waals surface area contributed by atoms with Gasteiger partial charge < -0.3 is 15.4 Å². The van der Waals surface area contributed by atoms with Crippen LogP contribution in [0.3, 0.4) is 0 Å². The zero-order valence-corrected chi connectivity index (χ0v) is 17.0. The van der Waals surface area contributed by atoms with Gasteiger partial charge in [-0.25, -0.2) is 4.39 Å². The zero-order chi connectivity index (χ0) is 20.9. The molecule has 2 amide bonds. The topological polar surface area (TPSA) is 70.7 Å². The molecule has 3 aliphatic heterocycles. The molecule has 0 bridgehead atoms. The second-order valence-corrected chi connectivity index (χ2v) is 8.52. The van der Waals surface area contributed by atoms with Crippen molar-refractivity contribution in [3.63, 3.8) is 0 Å². The van der Waals surface area contributed by atoms with Gasteiger partial charge in [0.25, 0.3) is 0 Å². The quantitative estimate of drug-likeness (QED) is 0.782. The van der Waals surface area contributed by atoms with Gasteiger partial charge >= 0.3 is 0 Å². The fourth-order valence-electron chi connectivity index (χ4n) is 4.69. The molecule has 0 unspecified atom stereocenters. The molecule has 2 aromatic carbocycles. The molecule has 5 rings (SSSR count). The molecule has 0 atom stereocenters. The van der Waals surface area contributed by atoms with Crippen LogP contribution in [0.25, 0.3) is 0 Å². The summed E-state index contributed by atoms with van der Waals surface area (Å²) in [5, 5.41) is 6.15. The number of piperidine rings is 1. The van der Waals surface area contributed by atoms with E-state index in [-0.39, 0.29) is 23.9 Å². The van der Waals surface area contributed by atoms with Crippen molar-refractivity contribution in [3.8, 4) is 5.75 Å². The summed E-state index contributed by atoms with van der Waals surface area (Å²) in [7, 11) is 0. The molecular formula is C22H21ClFN3O3. The van der Waals surface area contributed by atoms with Gasteiger partial charge in [-0.3, -0.25) is 14.5 Å². The smallest absolute Gasteiger partial charge is 0.235 e. The van der Waals surface area contributed by atoms with E-state index in [4.69, 9.17) is 16.3 Å². The fraction of sp³-hybridized carbons (Fsp3) is 0.364. The SMILES string of the molecule is O=C1Cc2cc(OCCN3CCC4(CC3)C(=O)Nc3ccc(Cl)cc34)cc(F)c2N1. The molecular weight excluding hydrogens is 409 g/mol. The van der Waals surface area contributed by atoms with Crippen LogP contribution in [0.5, 0.6) is 5.75 Å². The largest absolute Gasteiger partial charge is 0.492 e. The third-order valence-corrected chi connectivity index (χ3v) is 6.56. The highest BCUT2D eigenvalue weighted by atomic mass is 35.5. The first-order valence-corrected chi connectivity index (χ1v) is 10.4. The lowest BCUT2D eigenvalue weighted by molar-refractivity contribution is -0.122. The third kappa shape index (κ3) is 3.22. The highest BCUT2D eigenvalue weighted by Crippen LogP contribution is 2.45. The predicted octanol–water partition coefficient (Wildman–Crippen LogP) is 3.34. The van der Waals surface area contributed by atoms with E-state index in [9.17, 15) is 14.0 Å². The minimum atomic E-state index is -0.514. The standard InChI is InChI=1S/C22H21ClFN3O3/c23-14-1-2-18-16(11-14)22(21(29)25-18)3-5-27(6-4-22)7-8-30-15-9-13-10-19(28)26-20(13)17(24)12-15/h1-2,9,11-12H,3-8,10H2,(H,25,29)(H,26,28). The van der Waals surface area contributed by atoms with Crippen LogP contribution in [-0.4, -0.2) is 43.0 Å². The van der Waals surface area contributed by atoms with Crippen LogP contribution in [0.15, 0.2) is 30.3 Å². The van der Waals surface area contributed by atoms with Crippen molar-refractivity contribution in [2.24, 2.45) is 0 Å². The lowest BCUT2D eigenvalue weighted by atomic mass is 9.73. The molecule has 3 heterocycles. The molecule has 8 heteroatoms. The molecule has 0 radical (unpaired) electrons. The van der Waals surface area contributed by atoms with E-state index in [0.29, 0.717) is 42.3 Å². The number of fused-ring (bicyclic) bond motifs is 3. The Morgan fingerprint density at radius 3 is 2.73 bits per heavy atom. The number of ether oxygens (including phenoxy) is 1. The second-order valence-electron chi connectivity index (χ2n) is 8.08. The number of nitrogens with one attached hydrogen (secondary N) is 2. The van der Waals surface area contributed by atoms with Crippen LogP contribution < -0.4 is 15.4 Å². The van der Waals surface area contributed by atoms with Gasteiger partial charge in [0, 0.05) is 23.3 Å². The summed E-state index contributed by atoms with van der Waals surface area (Å²) in [5.74, 6) is -0.206. The number of carbonyl (C=O) groups is 2. The highest BCUT2D eigenvalue weighted by Gasteiger charge is 2.48. The third-order valence-electron chi connectivity index (χ3n) is 6.33. The van der Waals surface area contributed by atoms with E-state index in [1.54, 1.807) is 12.1 Å². The average Bonchev–Trinajstić information content (AvgIpc) is 3.22. The van der Waals surface area contributed by atoms with Crippen LogP contribution in [0, 0.1) is 5.82 Å². The maximum atomic E-state index is 14.1. The molecule has 1 fully saturated rings. The number of benzene rings is 2. The summed E-state index contributed by atoms with van der Waals surface area (Å²) in [6.07, 6.45) is 1.60. The van der Waals surface area contributed by atoms with Gasteiger partial charge in [-0.2, -0.15) is 0 Å². The summed E-state index contributed by atoms with van der Waals surface area (Å²) in [6, 6.07) is 8.57. The Balaban J connectivity index is 1.19. The van der Waals surface area contributed by atoms with Crippen LogP contribution in [0.4, 0.5) is 15.8 Å². The van der Waals surface area contributed by atoms with Crippen molar-refractivity contribution < 1.29 is 18.7 Å². The van der Waals surface area contributed by atoms with E-state index < -0.39 is 11.2 Å². The van der Waals surface area contributed by atoms with E-state index in [0.717, 1.165) is 24.3 Å². The first-order chi connectivity index (χ1) is 14.4. The van der Waals surface area contributed by atoms with Crippen LogP contribution in [0.2, 0.25) is 5.02 Å². The Kier molecular flexibility index (Phi) is 4.67. The predicted molar refractivity (Wildman–Crippen MR) is 112 cm³/mol. The number of hydrogen-bond donors (Lipinski definition) is 2. The van der Waals surface area contributed by atoms with Crippen molar-refractivity contribution in [2.45, 2.75) is 24.7 Å². The number of carbonyl (C=O) groups excluding carboxylic acids is 2. The van der Waals surface area contributed by atoms with Gasteiger partial charge in [-0.1, -0.05) is 11.6 Å². The summed E-state index contributed by atoms with van der Waals surface area (Å²) < 4.78 is 19.9. The Morgan fingerprint density at radius 1 is 1.13 bits per heavy atom. The molecule has 6 nitrogen and oxygen atoms in total. The minimum absolute atomic E-state index is 0.0486. The number of hydrogen-bond acceptors (Lipinski definition) is 4. The van der Waals surface area contributed by atoms with Crippen molar-refractivity contribution in [1.82, 2.24) is 4.90 Å². The highest BCUT2D eigenvalue weighted by molar-refractivity contribution is 6.31. The number of anilines is 2. The van der Waals surface area contributed by atoms with Gasteiger partial charge in [0.1, 0.15) is 12.4 Å². The van der Waals surface area contributed by atoms with Gasteiger partial charge in [-0.05, 0) is 61.3 Å². The van der Waals surface area contributed by atoms with E-state index in [1.807, 2.05) is 12.1 Å². The molecule has 2 aromatic rings. The number of rotatable bonds is 4. The average molecular weight is 430 g/mol. The van der Waals surface area contributed by atoms with Crippen molar-refractivity contribution in [3.05, 3.63) is 52.3 Å². The van der Waals surface area contributed by atoms with Gasteiger partial charge in [0.05, 0.1) is 17.5 Å². The van der Waals surface area contributed by atoms with Gasteiger partial charge in [-0.15, -0.1) is 0 Å². The monoisotopic (exact) mass is 429 g/mol. The summed E-state index contributed by atoms with van der Waals surface area (Å²) >= 11 is 6.17. The first kappa shape index (κ1) is 19.3. The van der Waals surface area contributed by atoms with Crippen molar-refractivity contribution >= 4 is 34.8 Å². The molecule has 1 spiro atoms. The zero-order valence-electron chi connectivity index (χ0n) is 16.3. The maximum Gasteiger partial charge on any atom is 0.235 e. The second kappa shape index (κ2) is 7.25. The number of halogens is 2. The van der Waals surface area contributed by atoms with Crippen molar-refractivity contribution in [2.75, 3.05) is 36.9 Å². The fourth-order valence-corrected chi connectivity index (χ4v) is 4.86. The van der Waals surface area contributed by atoms with E-state index >= 15 is 0 Å². The maximum absolute atomic E-state index is 14.1. The summed E-state index contributed by atoms with van der Waals surface area (Å²) in [4.78, 5) is 26.4. The van der Waals surface area contributed by atoms with Crippen molar-refractivity contribution in [1.29, 1.82) is 0 Å². The van der Waals surface area contributed by atoms with E-state index in [1.165, 1.54) is 6.07 Å². The Labute approximate surface area is 178 Å². The van der Waals surface area contributed by atoms with Crippen LogP contribution in [0.1, 0.15) is 24.0 Å². The molecule has 30 heavy (non-hydrogen) atoms. The van der Waals surface area contributed by atoms with Gasteiger partial charge in [0.15, 0.2) is 5.82 Å². The molecule has 0 saturated carbocycles. The molecule has 156 valence electrons. The molecule has 3 aliphatic rings. The molecule has 0 aromatic heterocycles. The summed E-state index contributed by atoms with van der Waals surface area (Å²) in [5.41, 5.74) is 2.21. The van der Waals surface area contributed by atoms with Gasteiger partial charge in [0.2, 0.25) is 11.8 Å². The Morgan fingerprint density at radius 2 is 1.93 bits per heavy atom. The Bertz CT molecular complexity index is 1050. The van der Waals surface area contributed by atoms with Crippen LogP contribution in [-0.2, 0) is 21.4 Å². The lowest BCUT2D eigenvalue weighted by Gasteiger charge is -2.38. The molecule has 2 N–H and O–H groups in total. The first-order valence-electron chi connectivity index (χ1n) is 10.0. The molecule has 0 aliphatic carbocycles. The number of nitrogens with zero attached hydrogens (tertiary/aromatic N) is 1. The summed E-state index contributed by atoms with van der Waals surface area (Å²) in [6.45, 7) is 2.61. The van der Waals surface area contributed by atoms with Crippen LogP contribution >= 0.6 is 11.6 Å². The minimum Gasteiger partial charge on any atom is -0.492 e. The normalized spacial score (nSPS) is 19.4. The Hall–Kier alpha value is -2.64. The number of likely N-dealkylation sites (tertiary alicyclic amines) is 1.